The molecule has 0 bridgehead atoms. The normalized spacial score (nSPS) is 20.0. The predicted octanol–water partition coefficient (Wildman–Crippen LogP) is 3.96. The molecule has 1 N–H and O–H groups in total. The number of carboxylic acids is 1. The minimum Gasteiger partial charge on any atom is -0.478 e. The molecule has 0 aliphatic carbocycles. The van der Waals surface area contributed by atoms with Gasteiger partial charge in [0, 0.05) is 31.2 Å². The fourth-order valence-electron chi connectivity index (χ4n) is 3.39. The van der Waals surface area contributed by atoms with E-state index in [9.17, 15) is 14.7 Å². The number of carboxylic acid groups (broad SMARTS) is 1. The summed E-state index contributed by atoms with van der Waals surface area (Å²) in [5.41, 5.74) is 0.675. The first-order chi connectivity index (χ1) is 14.1. The summed E-state index contributed by atoms with van der Waals surface area (Å²) < 4.78 is 10.9. The Morgan fingerprint density at radius 1 is 1.34 bits per heavy atom. The van der Waals surface area contributed by atoms with Crippen LogP contribution in [0, 0.1) is 5.92 Å². The molecule has 0 saturated carbocycles. The second kappa shape index (κ2) is 8.52. The summed E-state index contributed by atoms with van der Waals surface area (Å²) in [6.45, 7) is 1.15. The Hall–Kier alpha value is -2.42. The Bertz CT molecular complexity index is 960. The first-order valence-electron chi connectivity index (χ1n) is 9.22. The van der Waals surface area contributed by atoms with Gasteiger partial charge in [-0.25, -0.2) is 9.78 Å². The molecule has 1 saturated heterocycles. The number of aromatic nitrogens is 1. The number of hydrogen-bond acceptors (Lipinski definition) is 7. The van der Waals surface area contributed by atoms with Crippen LogP contribution >= 0.6 is 22.9 Å². The molecule has 1 atom stereocenters. The molecule has 0 spiro atoms. The number of alkyl halides is 1. The van der Waals surface area contributed by atoms with Crippen molar-refractivity contribution in [1.82, 2.24) is 4.98 Å². The van der Waals surface area contributed by atoms with Crippen molar-refractivity contribution in [2.45, 2.75) is 18.9 Å². The van der Waals surface area contributed by atoms with Crippen LogP contribution in [0.15, 0.2) is 46.7 Å². The molecule has 2 aromatic heterocycles. The minimum absolute atomic E-state index is 0.0358. The maximum absolute atomic E-state index is 13.2. The van der Waals surface area contributed by atoms with Crippen LogP contribution in [0.4, 0.5) is 5.13 Å². The van der Waals surface area contributed by atoms with Crippen molar-refractivity contribution in [3.8, 4) is 11.5 Å². The molecular weight excluding hydrogens is 416 g/mol. The summed E-state index contributed by atoms with van der Waals surface area (Å²) in [7, 11) is 0. The number of Topliss-reactive ketones (excluding diaryl/α,β-unsaturated/α-hetero) is 1. The van der Waals surface area contributed by atoms with E-state index >= 15 is 0 Å². The van der Waals surface area contributed by atoms with Gasteiger partial charge in [0.15, 0.2) is 16.7 Å². The average Bonchev–Trinajstić information content (AvgIpc) is 3.43. The van der Waals surface area contributed by atoms with Crippen LogP contribution in [0.1, 0.15) is 22.5 Å². The summed E-state index contributed by atoms with van der Waals surface area (Å²) >= 11 is 7.36. The van der Waals surface area contributed by atoms with Gasteiger partial charge in [0.1, 0.15) is 10.6 Å². The van der Waals surface area contributed by atoms with E-state index < -0.39 is 5.97 Å². The van der Waals surface area contributed by atoms with Crippen molar-refractivity contribution in [1.29, 1.82) is 0 Å². The van der Waals surface area contributed by atoms with Gasteiger partial charge in [-0.05, 0) is 37.1 Å². The smallest absolute Gasteiger partial charge is 0.335 e. The van der Waals surface area contributed by atoms with Crippen LogP contribution in [-0.2, 0) is 9.53 Å². The minimum atomic E-state index is -1.01. The van der Waals surface area contributed by atoms with E-state index in [4.69, 9.17) is 20.8 Å². The first kappa shape index (κ1) is 19.9. The quantitative estimate of drug-likeness (QED) is 0.543. The highest BCUT2D eigenvalue weighted by molar-refractivity contribution is 7.18. The van der Waals surface area contributed by atoms with Gasteiger partial charge in [-0.3, -0.25) is 4.79 Å². The summed E-state index contributed by atoms with van der Waals surface area (Å²) in [6, 6.07) is 3.14. The number of hydrogen-bond donors (Lipinski definition) is 1. The lowest BCUT2D eigenvalue weighted by Gasteiger charge is -2.27. The molecule has 152 valence electrons. The van der Waals surface area contributed by atoms with Gasteiger partial charge in [-0.1, -0.05) is 11.3 Å². The van der Waals surface area contributed by atoms with Crippen molar-refractivity contribution in [2.24, 2.45) is 5.92 Å². The lowest BCUT2D eigenvalue weighted by Crippen LogP contribution is -2.33. The number of ether oxygens (including phenoxy) is 1. The Balaban J connectivity index is 1.71. The highest BCUT2D eigenvalue weighted by atomic mass is 35.5. The molecule has 9 heteroatoms. The number of anilines is 1. The number of furan rings is 1. The molecular formula is C20H19ClN2O5S. The number of ketones is 1. The Kier molecular flexibility index (Phi) is 5.84. The van der Waals surface area contributed by atoms with Gasteiger partial charge in [0.25, 0.3) is 0 Å². The van der Waals surface area contributed by atoms with Crippen molar-refractivity contribution in [3.63, 3.8) is 0 Å². The molecule has 29 heavy (non-hydrogen) atoms. The van der Waals surface area contributed by atoms with Crippen LogP contribution in [0.25, 0.3) is 11.5 Å². The van der Waals surface area contributed by atoms with Crippen molar-refractivity contribution >= 4 is 39.8 Å². The second-order valence-electron chi connectivity index (χ2n) is 6.77. The highest BCUT2D eigenvalue weighted by Gasteiger charge is 2.31. The summed E-state index contributed by atoms with van der Waals surface area (Å²) in [5, 5.41) is 9.80. The van der Waals surface area contributed by atoms with E-state index in [1.807, 2.05) is 0 Å². The molecule has 2 aliphatic rings. The van der Waals surface area contributed by atoms with E-state index in [1.54, 1.807) is 35.6 Å². The number of rotatable bonds is 6. The molecule has 0 radical (unpaired) electrons. The van der Waals surface area contributed by atoms with Crippen molar-refractivity contribution < 1.29 is 23.8 Å². The number of thiazole rings is 1. The predicted molar refractivity (Wildman–Crippen MR) is 110 cm³/mol. The topological polar surface area (TPSA) is 92.9 Å². The molecule has 4 heterocycles. The first-order valence-corrected chi connectivity index (χ1v) is 10.6. The van der Waals surface area contributed by atoms with Crippen molar-refractivity contribution in [2.75, 3.05) is 24.0 Å². The fraction of sp³-hybridized carbons (Fsp3) is 0.350. The van der Waals surface area contributed by atoms with Crippen LogP contribution in [0.3, 0.4) is 0 Å². The van der Waals surface area contributed by atoms with E-state index in [1.165, 1.54) is 17.4 Å². The maximum atomic E-state index is 13.2. The number of halogens is 1. The lowest BCUT2D eigenvalue weighted by molar-refractivity contribution is -0.132. The Morgan fingerprint density at radius 3 is 2.79 bits per heavy atom. The summed E-state index contributed by atoms with van der Waals surface area (Å²) in [6.07, 6.45) is 7.64. The van der Waals surface area contributed by atoms with Crippen LogP contribution < -0.4 is 4.90 Å². The Morgan fingerprint density at radius 2 is 2.14 bits per heavy atom. The third kappa shape index (κ3) is 4.01. The van der Waals surface area contributed by atoms with E-state index in [-0.39, 0.29) is 29.2 Å². The fourth-order valence-corrected chi connectivity index (χ4v) is 4.76. The van der Waals surface area contributed by atoms with Crippen LogP contribution in [0.5, 0.6) is 0 Å². The maximum Gasteiger partial charge on any atom is 0.335 e. The standard InChI is InChI=1S/C20H19ClN2O5S/c21-11-14-10-13(19(25)26)3-6-23(14)20-22-16(15-2-1-7-28-15)18(29-20)17(24)12-4-8-27-9-5-12/h1-3,6-7,10,12,14H,4-5,8-9,11H2,(H,25,26). The Labute approximate surface area is 176 Å². The van der Waals surface area contributed by atoms with Crippen molar-refractivity contribution in [3.05, 3.63) is 47.2 Å². The molecule has 2 aliphatic heterocycles. The molecule has 0 aromatic carbocycles. The summed E-state index contributed by atoms with van der Waals surface area (Å²) in [4.78, 5) is 31.5. The zero-order valence-electron chi connectivity index (χ0n) is 15.4. The third-order valence-corrected chi connectivity index (χ3v) is 6.36. The molecule has 4 rings (SSSR count). The van der Waals surface area contributed by atoms with Gasteiger partial charge in [0.2, 0.25) is 0 Å². The molecule has 0 amide bonds. The van der Waals surface area contributed by atoms with E-state index in [0.29, 0.717) is 47.5 Å². The van der Waals surface area contributed by atoms with Crippen LogP contribution in [0.2, 0.25) is 0 Å². The summed E-state index contributed by atoms with van der Waals surface area (Å²) in [5.74, 6) is -0.381. The molecule has 7 nitrogen and oxygen atoms in total. The lowest BCUT2D eigenvalue weighted by atomic mass is 9.94. The zero-order chi connectivity index (χ0) is 20.4. The zero-order valence-corrected chi connectivity index (χ0v) is 17.0. The third-order valence-electron chi connectivity index (χ3n) is 4.96. The molecule has 1 fully saturated rings. The molecule has 1 unspecified atom stereocenters. The van der Waals surface area contributed by atoms with Crippen LogP contribution in [-0.4, -0.2) is 47.0 Å². The second-order valence-corrected chi connectivity index (χ2v) is 8.06. The largest absolute Gasteiger partial charge is 0.478 e. The van der Waals surface area contributed by atoms with E-state index in [2.05, 4.69) is 4.98 Å². The monoisotopic (exact) mass is 434 g/mol. The van der Waals surface area contributed by atoms with Gasteiger partial charge < -0.3 is 19.2 Å². The number of nitrogens with zero attached hydrogens (tertiary/aromatic N) is 2. The SMILES string of the molecule is O=C(O)C1=CC(CCl)N(c2nc(-c3ccco3)c(C(=O)C3CCOCC3)s2)C=C1. The number of carbonyl (C=O) groups is 2. The van der Waals surface area contributed by atoms with Gasteiger partial charge >= 0.3 is 5.97 Å². The van der Waals surface area contributed by atoms with E-state index in [0.717, 1.165) is 0 Å². The average molecular weight is 435 g/mol. The van der Waals surface area contributed by atoms with Gasteiger partial charge in [-0.15, -0.1) is 11.6 Å². The highest BCUT2D eigenvalue weighted by Crippen LogP contribution is 2.38. The van der Waals surface area contributed by atoms with Gasteiger partial charge in [-0.2, -0.15) is 0 Å². The van der Waals surface area contributed by atoms with Gasteiger partial charge in [0.05, 0.1) is 17.9 Å². The molecule has 2 aromatic rings. The number of aliphatic carboxylic acids is 1. The number of carbonyl (C=O) groups excluding carboxylic acids is 1.